The van der Waals surface area contributed by atoms with Crippen LogP contribution in [0.2, 0.25) is 0 Å². The van der Waals surface area contributed by atoms with E-state index in [1.807, 2.05) is 20.8 Å². The third-order valence-corrected chi connectivity index (χ3v) is 2.45. The molecule has 0 aliphatic rings. The van der Waals surface area contributed by atoms with Crippen LogP contribution in [0.25, 0.3) is 0 Å². The van der Waals surface area contributed by atoms with E-state index in [2.05, 4.69) is 6.58 Å². The van der Waals surface area contributed by atoms with E-state index in [4.69, 9.17) is 5.11 Å². The largest absolute Gasteiger partial charge is 0.481 e. The number of carbonyl (C=O) groups is 1. The maximum Gasteiger partial charge on any atom is 0.309 e. The van der Waals surface area contributed by atoms with Crippen LogP contribution in [0, 0.1) is 5.41 Å². The average Bonchev–Trinajstić information content (AvgIpc) is 1.99. The Morgan fingerprint density at radius 2 is 1.83 bits per heavy atom. The minimum Gasteiger partial charge on any atom is -0.481 e. The molecule has 0 radical (unpaired) electrons. The quantitative estimate of drug-likeness (QED) is 0.644. The first-order chi connectivity index (χ1) is 5.48. The Kier molecular flexibility index (Phi) is 4.01. The Balaban J connectivity index is 4.58. The molecule has 0 bridgehead atoms. The van der Waals surface area contributed by atoms with Crippen LogP contribution in [0.4, 0.5) is 0 Å². The van der Waals surface area contributed by atoms with Gasteiger partial charge in [0.1, 0.15) is 0 Å². The predicted octanol–water partition coefficient (Wildman–Crippen LogP) is 2.84. The average molecular weight is 170 g/mol. The van der Waals surface area contributed by atoms with Gasteiger partial charge in [-0.2, -0.15) is 0 Å². The third kappa shape index (κ3) is 2.36. The summed E-state index contributed by atoms with van der Waals surface area (Å²) in [6.45, 7) is 9.47. The molecule has 70 valence electrons. The van der Waals surface area contributed by atoms with Crippen LogP contribution in [0.5, 0.6) is 0 Å². The van der Waals surface area contributed by atoms with Crippen LogP contribution in [0.1, 0.15) is 40.0 Å². The molecule has 0 unspecified atom stereocenters. The summed E-state index contributed by atoms with van der Waals surface area (Å²) in [6, 6.07) is 0. The van der Waals surface area contributed by atoms with Gasteiger partial charge < -0.3 is 5.11 Å². The lowest BCUT2D eigenvalue weighted by Crippen LogP contribution is -2.29. The van der Waals surface area contributed by atoms with Gasteiger partial charge in [-0.25, -0.2) is 0 Å². The molecule has 0 aromatic rings. The lowest BCUT2D eigenvalue weighted by atomic mass is 9.77. The van der Waals surface area contributed by atoms with Gasteiger partial charge in [-0.1, -0.05) is 19.4 Å². The van der Waals surface area contributed by atoms with Crippen molar-refractivity contribution in [3.05, 3.63) is 12.2 Å². The molecular formula is C10H18O2. The SMILES string of the molecule is C=C(C)CC(CC)(CC)C(=O)O. The predicted molar refractivity (Wildman–Crippen MR) is 50.1 cm³/mol. The van der Waals surface area contributed by atoms with Crippen molar-refractivity contribution in [2.45, 2.75) is 40.0 Å². The van der Waals surface area contributed by atoms with E-state index < -0.39 is 11.4 Å². The van der Waals surface area contributed by atoms with Crippen molar-refractivity contribution in [2.75, 3.05) is 0 Å². The molecule has 0 aromatic carbocycles. The van der Waals surface area contributed by atoms with Gasteiger partial charge in [-0.05, 0) is 26.2 Å². The van der Waals surface area contributed by atoms with Gasteiger partial charge >= 0.3 is 5.97 Å². The van der Waals surface area contributed by atoms with E-state index >= 15 is 0 Å². The molecule has 0 aliphatic heterocycles. The van der Waals surface area contributed by atoms with E-state index in [1.165, 1.54) is 0 Å². The normalized spacial score (nSPS) is 11.2. The van der Waals surface area contributed by atoms with Gasteiger partial charge in [0.2, 0.25) is 0 Å². The highest BCUT2D eigenvalue weighted by molar-refractivity contribution is 5.74. The van der Waals surface area contributed by atoms with Crippen molar-refractivity contribution in [3.8, 4) is 0 Å². The first-order valence-corrected chi connectivity index (χ1v) is 4.36. The molecule has 0 fully saturated rings. The summed E-state index contributed by atoms with van der Waals surface area (Å²) in [5.74, 6) is -0.699. The maximum atomic E-state index is 11.0. The van der Waals surface area contributed by atoms with Crippen molar-refractivity contribution in [2.24, 2.45) is 5.41 Å². The molecule has 12 heavy (non-hydrogen) atoms. The van der Waals surface area contributed by atoms with E-state index in [0.717, 1.165) is 5.57 Å². The van der Waals surface area contributed by atoms with Crippen molar-refractivity contribution in [1.82, 2.24) is 0 Å². The number of hydrogen-bond acceptors (Lipinski definition) is 1. The van der Waals surface area contributed by atoms with E-state index in [9.17, 15) is 4.79 Å². The second-order valence-electron chi connectivity index (χ2n) is 3.43. The summed E-state index contributed by atoms with van der Waals surface area (Å²) in [6.07, 6.45) is 1.94. The van der Waals surface area contributed by atoms with Crippen LogP contribution < -0.4 is 0 Å². The Morgan fingerprint density at radius 1 is 1.42 bits per heavy atom. The monoisotopic (exact) mass is 170 g/mol. The van der Waals surface area contributed by atoms with Gasteiger partial charge in [-0.3, -0.25) is 4.79 Å². The number of carboxylic acids is 1. The highest BCUT2D eigenvalue weighted by Gasteiger charge is 2.34. The van der Waals surface area contributed by atoms with E-state index in [0.29, 0.717) is 19.3 Å². The molecular weight excluding hydrogens is 152 g/mol. The molecule has 1 N–H and O–H groups in total. The van der Waals surface area contributed by atoms with Crippen molar-refractivity contribution in [3.63, 3.8) is 0 Å². The molecule has 0 rings (SSSR count). The lowest BCUT2D eigenvalue weighted by Gasteiger charge is -2.26. The minimum atomic E-state index is -0.699. The Bertz CT molecular complexity index is 178. The third-order valence-electron chi connectivity index (χ3n) is 2.45. The number of aliphatic carboxylic acids is 1. The first kappa shape index (κ1) is 11.2. The summed E-state index contributed by atoms with van der Waals surface area (Å²) < 4.78 is 0. The Labute approximate surface area is 74.3 Å². The molecule has 2 nitrogen and oxygen atoms in total. The second-order valence-corrected chi connectivity index (χ2v) is 3.43. The van der Waals surface area contributed by atoms with Gasteiger partial charge in [0, 0.05) is 0 Å². The molecule has 2 heteroatoms. The number of allylic oxidation sites excluding steroid dienone is 1. The maximum absolute atomic E-state index is 11.0. The zero-order chi connectivity index (χ0) is 9.78. The van der Waals surface area contributed by atoms with Crippen molar-refractivity contribution < 1.29 is 9.90 Å². The van der Waals surface area contributed by atoms with Gasteiger partial charge in [0.25, 0.3) is 0 Å². The zero-order valence-electron chi connectivity index (χ0n) is 8.18. The molecule has 0 aromatic heterocycles. The summed E-state index contributed by atoms with van der Waals surface area (Å²) in [4.78, 5) is 11.0. The molecule has 0 atom stereocenters. The standard InChI is InChI=1S/C10H18O2/c1-5-10(6-2,9(11)12)7-8(3)4/h3,5-7H2,1-2,4H3,(H,11,12). The second kappa shape index (κ2) is 4.29. The summed E-state index contributed by atoms with van der Waals surface area (Å²) in [5.41, 5.74) is 0.368. The van der Waals surface area contributed by atoms with Gasteiger partial charge in [0.15, 0.2) is 0 Å². The lowest BCUT2D eigenvalue weighted by molar-refractivity contribution is -0.149. The highest BCUT2D eigenvalue weighted by atomic mass is 16.4. The smallest absolute Gasteiger partial charge is 0.309 e. The highest BCUT2D eigenvalue weighted by Crippen LogP contribution is 2.33. The topological polar surface area (TPSA) is 37.3 Å². The Morgan fingerprint density at radius 3 is 1.92 bits per heavy atom. The van der Waals surface area contributed by atoms with Crippen LogP contribution in [0.15, 0.2) is 12.2 Å². The van der Waals surface area contributed by atoms with E-state index in [1.54, 1.807) is 0 Å². The fourth-order valence-corrected chi connectivity index (χ4v) is 1.46. The molecule has 0 spiro atoms. The fraction of sp³-hybridized carbons (Fsp3) is 0.700. The first-order valence-electron chi connectivity index (χ1n) is 4.36. The fourth-order valence-electron chi connectivity index (χ4n) is 1.46. The molecule has 0 amide bonds. The minimum absolute atomic E-state index is 0.578. The van der Waals surface area contributed by atoms with Gasteiger partial charge in [0.05, 0.1) is 5.41 Å². The zero-order valence-corrected chi connectivity index (χ0v) is 8.18. The van der Waals surface area contributed by atoms with Crippen LogP contribution in [-0.4, -0.2) is 11.1 Å². The van der Waals surface area contributed by atoms with Gasteiger partial charge in [-0.15, -0.1) is 6.58 Å². The number of carboxylic acid groups (broad SMARTS) is 1. The van der Waals surface area contributed by atoms with Crippen molar-refractivity contribution >= 4 is 5.97 Å². The van der Waals surface area contributed by atoms with Crippen LogP contribution in [-0.2, 0) is 4.79 Å². The van der Waals surface area contributed by atoms with E-state index in [-0.39, 0.29) is 0 Å². The number of rotatable bonds is 5. The summed E-state index contributed by atoms with van der Waals surface area (Å²) in [7, 11) is 0. The molecule has 0 saturated heterocycles. The molecule has 0 saturated carbocycles. The molecule has 0 aliphatic carbocycles. The molecule has 0 heterocycles. The Hall–Kier alpha value is -0.790. The number of hydrogen-bond donors (Lipinski definition) is 1. The summed E-state index contributed by atoms with van der Waals surface area (Å²) in [5, 5.41) is 9.03. The van der Waals surface area contributed by atoms with Crippen LogP contribution >= 0.6 is 0 Å². The van der Waals surface area contributed by atoms with Crippen LogP contribution in [0.3, 0.4) is 0 Å². The van der Waals surface area contributed by atoms with Crippen molar-refractivity contribution in [1.29, 1.82) is 0 Å². The summed E-state index contributed by atoms with van der Waals surface area (Å²) >= 11 is 0.